The number of rotatable bonds is 6. The van der Waals surface area contributed by atoms with Crippen LogP contribution in [0.1, 0.15) is 15.9 Å². The molecule has 0 bridgehead atoms. The molecule has 0 aliphatic heterocycles. The van der Waals surface area contributed by atoms with Crippen molar-refractivity contribution in [2.75, 3.05) is 7.05 Å². The van der Waals surface area contributed by atoms with Crippen LogP contribution in [0.3, 0.4) is 0 Å². The third kappa shape index (κ3) is 4.12. The molecule has 1 N–H and O–H groups in total. The van der Waals surface area contributed by atoms with Gasteiger partial charge < -0.3 is 0 Å². The lowest BCUT2D eigenvalue weighted by Gasteiger charge is -2.03. The molecule has 0 radical (unpaired) electrons. The van der Waals surface area contributed by atoms with Gasteiger partial charge in [-0.15, -0.1) is 0 Å². The lowest BCUT2D eigenvalue weighted by atomic mass is 10.1. The number of allylic oxidation sites excluding steroid dienone is 1. The number of nitro benzene ring substituents is 1. The fraction of sp³-hybridized carbons (Fsp3) is 0.0625. The highest BCUT2D eigenvalue weighted by Gasteiger charge is 2.13. The summed E-state index contributed by atoms with van der Waals surface area (Å²) in [5.74, 6) is -0.408. The number of non-ortho nitro benzene ring substituents is 1. The van der Waals surface area contributed by atoms with Gasteiger partial charge in [0.25, 0.3) is 5.69 Å². The average molecular weight is 346 g/mol. The van der Waals surface area contributed by atoms with Crippen LogP contribution in [0.15, 0.2) is 59.5 Å². The van der Waals surface area contributed by atoms with Crippen molar-refractivity contribution < 1.29 is 18.1 Å². The lowest BCUT2D eigenvalue weighted by Crippen LogP contribution is -2.18. The Bertz CT molecular complexity index is 920. The number of nitrogens with zero attached hydrogens (tertiary/aromatic N) is 1. The Morgan fingerprint density at radius 3 is 2.54 bits per heavy atom. The summed E-state index contributed by atoms with van der Waals surface area (Å²) in [6.45, 7) is 0. The van der Waals surface area contributed by atoms with Gasteiger partial charge in [-0.25, -0.2) is 13.1 Å². The van der Waals surface area contributed by atoms with Gasteiger partial charge in [0, 0.05) is 17.7 Å². The van der Waals surface area contributed by atoms with E-state index in [-0.39, 0.29) is 16.1 Å². The number of hydrogen-bond acceptors (Lipinski definition) is 5. The van der Waals surface area contributed by atoms with Crippen LogP contribution in [0.5, 0.6) is 0 Å². The van der Waals surface area contributed by atoms with Crippen molar-refractivity contribution in [1.29, 1.82) is 0 Å². The van der Waals surface area contributed by atoms with Crippen molar-refractivity contribution in [1.82, 2.24) is 4.72 Å². The zero-order chi connectivity index (χ0) is 17.7. The quantitative estimate of drug-likeness (QED) is 0.374. The van der Waals surface area contributed by atoms with Crippen LogP contribution >= 0.6 is 0 Å². The molecule has 124 valence electrons. The highest BCUT2D eigenvalue weighted by Crippen LogP contribution is 2.16. The predicted octanol–water partition coefficient (Wildman–Crippen LogP) is 2.40. The molecule has 0 atom stereocenters. The Morgan fingerprint density at radius 1 is 1.17 bits per heavy atom. The van der Waals surface area contributed by atoms with E-state index < -0.39 is 20.7 Å². The third-order valence-corrected chi connectivity index (χ3v) is 4.62. The van der Waals surface area contributed by atoms with E-state index in [0.29, 0.717) is 5.56 Å². The summed E-state index contributed by atoms with van der Waals surface area (Å²) in [6, 6.07) is 11.4. The van der Waals surface area contributed by atoms with E-state index in [4.69, 9.17) is 0 Å². The topological polar surface area (TPSA) is 106 Å². The molecule has 0 aromatic heterocycles. The maximum atomic E-state index is 12.2. The van der Waals surface area contributed by atoms with Gasteiger partial charge >= 0.3 is 0 Å². The second kappa shape index (κ2) is 7.16. The monoisotopic (exact) mass is 346 g/mol. The highest BCUT2D eigenvalue weighted by atomic mass is 32.2. The van der Waals surface area contributed by atoms with Crippen LogP contribution < -0.4 is 4.72 Å². The predicted molar refractivity (Wildman–Crippen MR) is 89.1 cm³/mol. The molecule has 0 aliphatic rings. The number of hydrogen-bond donors (Lipinski definition) is 1. The summed E-state index contributed by atoms with van der Waals surface area (Å²) in [5, 5.41) is 10.7. The SMILES string of the molecule is CNS(=O)(=O)c1cccc(C(=O)/C=C\c2cccc([N+](=O)[O-])c2)c1. The maximum Gasteiger partial charge on any atom is 0.270 e. The molecule has 0 heterocycles. The molecule has 2 rings (SSSR count). The highest BCUT2D eigenvalue weighted by molar-refractivity contribution is 7.89. The first-order chi connectivity index (χ1) is 11.3. The number of carbonyl (C=O) groups excluding carboxylic acids is 1. The van der Waals surface area contributed by atoms with Crippen LogP contribution in [0, 0.1) is 10.1 Å². The first-order valence-electron chi connectivity index (χ1n) is 6.84. The summed E-state index contributed by atoms with van der Waals surface area (Å²) in [6.07, 6.45) is 2.68. The number of nitrogens with one attached hydrogen (secondary N) is 1. The Hall–Kier alpha value is -2.84. The van der Waals surface area contributed by atoms with Crippen molar-refractivity contribution >= 4 is 27.6 Å². The van der Waals surface area contributed by atoms with Crippen LogP contribution in [-0.2, 0) is 10.0 Å². The van der Waals surface area contributed by atoms with Crippen molar-refractivity contribution in [2.24, 2.45) is 0 Å². The molecule has 8 heteroatoms. The van der Waals surface area contributed by atoms with Crippen LogP contribution in [-0.4, -0.2) is 26.2 Å². The minimum atomic E-state index is -3.64. The normalized spacial score (nSPS) is 11.5. The second-order valence-electron chi connectivity index (χ2n) is 4.79. The Morgan fingerprint density at radius 2 is 1.88 bits per heavy atom. The number of sulfonamides is 1. The third-order valence-electron chi connectivity index (χ3n) is 3.21. The lowest BCUT2D eigenvalue weighted by molar-refractivity contribution is -0.384. The largest absolute Gasteiger partial charge is 0.289 e. The molecular weight excluding hydrogens is 332 g/mol. The van der Waals surface area contributed by atoms with Crippen molar-refractivity contribution in [3.63, 3.8) is 0 Å². The average Bonchev–Trinajstić information content (AvgIpc) is 2.60. The number of benzene rings is 2. The van der Waals surface area contributed by atoms with Crippen molar-refractivity contribution in [3.05, 3.63) is 75.8 Å². The summed E-state index contributed by atoms with van der Waals surface area (Å²) in [7, 11) is -2.35. The van der Waals surface area contributed by atoms with Gasteiger partial charge in [-0.3, -0.25) is 14.9 Å². The minimum absolute atomic E-state index is 0.0143. The molecule has 2 aromatic carbocycles. The van der Waals surface area contributed by atoms with Crippen LogP contribution in [0.4, 0.5) is 5.69 Å². The van der Waals surface area contributed by atoms with E-state index in [1.807, 2.05) is 0 Å². The molecule has 24 heavy (non-hydrogen) atoms. The molecule has 0 amide bonds. The summed E-state index contributed by atoms with van der Waals surface area (Å²) < 4.78 is 25.7. The molecule has 0 unspecified atom stereocenters. The van der Waals surface area contributed by atoms with Crippen molar-refractivity contribution in [2.45, 2.75) is 4.90 Å². The van der Waals surface area contributed by atoms with Gasteiger partial charge in [0.05, 0.1) is 9.82 Å². The fourth-order valence-electron chi connectivity index (χ4n) is 1.94. The summed E-state index contributed by atoms with van der Waals surface area (Å²) in [5.41, 5.74) is 0.622. The van der Waals surface area contributed by atoms with Gasteiger partial charge in [-0.2, -0.15) is 0 Å². The van der Waals surface area contributed by atoms with Crippen LogP contribution in [0.2, 0.25) is 0 Å². The van der Waals surface area contributed by atoms with E-state index in [9.17, 15) is 23.3 Å². The molecule has 0 saturated heterocycles. The number of ketones is 1. The molecular formula is C16H14N2O5S. The molecule has 7 nitrogen and oxygen atoms in total. The van der Waals surface area contributed by atoms with Gasteiger partial charge in [-0.05, 0) is 30.8 Å². The minimum Gasteiger partial charge on any atom is -0.289 e. The van der Waals surface area contributed by atoms with E-state index in [0.717, 1.165) is 0 Å². The smallest absolute Gasteiger partial charge is 0.270 e. The fourth-order valence-corrected chi connectivity index (χ4v) is 2.72. The molecule has 0 saturated carbocycles. The summed E-state index contributed by atoms with van der Waals surface area (Å²) in [4.78, 5) is 22.4. The molecule has 0 fully saturated rings. The standard InChI is InChI=1S/C16H14N2O5S/c1-17-24(22,23)15-7-3-5-13(11-15)16(19)9-8-12-4-2-6-14(10-12)18(20)21/h2-11,17H,1H3/b9-8-. The van der Waals surface area contributed by atoms with E-state index in [1.54, 1.807) is 6.07 Å². The number of nitro groups is 1. The number of carbonyl (C=O) groups is 1. The Balaban J connectivity index is 2.26. The van der Waals surface area contributed by atoms with E-state index >= 15 is 0 Å². The molecule has 0 aliphatic carbocycles. The zero-order valence-electron chi connectivity index (χ0n) is 12.7. The van der Waals surface area contributed by atoms with Gasteiger partial charge in [0.2, 0.25) is 10.0 Å². The summed E-state index contributed by atoms with van der Waals surface area (Å²) >= 11 is 0. The Kier molecular flexibility index (Phi) is 5.22. The molecule has 2 aromatic rings. The van der Waals surface area contributed by atoms with Crippen LogP contribution in [0.25, 0.3) is 6.08 Å². The van der Waals surface area contributed by atoms with E-state index in [1.165, 1.54) is 61.7 Å². The second-order valence-corrected chi connectivity index (χ2v) is 6.67. The first-order valence-corrected chi connectivity index (χ1v) is 8.32. The molecule has 0 spiro atoms. The maximum absolute atomic E-state index is 12.2. The van der Waals surface area contributed by atoms with Crippen molar-refractivity contribution in [3.8, 4) is 0 Å². The zero-order valence-corrected chi connectivity index (χ0v) is 13.5. The van der Waals surface area contributed by atoms with Gasteiger partial charge in [0.15, 0.2) is 5.78 Å². The Labute approximate surface area is 138 Å². The van der Waals surface area contributed by atoms with Gasteiger partial charge in [0.1, 0.15) is 0 Å². The van der Waals surface area contributed by atoms with Gasteiger partial charge in [-0.1, -0.05) is 30.3 Å². The first kappa shape index (κ1) is 17.5. The van der Waals surface area contributed by atoms with E-state index in [2.05, 4.69) is 4.72 Å².